The molecular formula is C21H20IN. The van der Waals surface area contributed by atoms with Crippen LogP contribution in [-0.2, 0) is 0 Å². The van der Waals surface area contributed by atoms with E-state index in [1.165, 1.54) is 44.2 Å². The quantitative estimate of drug-likeness (QED) is 0.452. The van der Waals surface area contributed by atoms with E-state index in [2.05, 4.69) is 89.2 Å². The Bertz CT molecular complexity index is 806. The molecular weight excluding hydrogens is 393 g/mol. The van der Waals surface area contributed by atoms with E-state index in [4.69, 9.17) is 0 Å². The van der Waals surface area contributed by atoms with Crippen molar-refractivity contribution in [2.24, 2.45) is 0 Å². The highest BCUT2D eigenvalue weighted by atomic mass is 127. The summed E-state index contributed by atoms with van der Waals surface area (Å²) >= 11 is 2.43. The number of hydrogen-bond acceptors (Lipinski definition) is 1. The van der Waals surface area contributed by atoms with E-state index in [1.807, 2.05) is 0 Å². The number of likely N-dealkylation sites (tertiary alicyclic amines) is 1. The number of benzene rings is 2. The van der Waals surface area contributed by atoms with E-state index in [0.29, 0.717) is 0 Å². The van der Waals surface area contributed by atoms with Gasteiger partial charge < -0.3 is 4.90 Å². The zero-order chi connectivity index (χ0) is 15.8. The average molecular weight is 413 g/mol. The molecule has 0 radical (unpaired) electrons. The zero-order valence-corrected chi connectivity index (χ0v) is 15.5. The second-order valence-electron chi connectivity index (χ2n) is 6.43. The lowest BCUT2D eigenvalue weighted by molar-refractivity contribution is 0.313. The highest BCUT2D eigenvalue weighted by Crippen LogP contribution is 2.39. The fraction of sp³-hybridized carbons (Fsp3) is 0.238. The summed E-state index contributed by atoms with van der Waals surface area (Å²) in [6, 6.07) is 15.6. The maximum Gasteiger partial charge on any atom is 0.0136 e. The van der Waals surface area contributed by atoms with Crippen LogP contribution in [0.3, 0.4) is 0 Å². The monoisotopic (exact) mass is 413 g/mol. The maximum atomic E-state index is 2.43. The predicted molar refractivity (Wildman–Crippen MR) is 107 cm³/mol. The van der Waals surface area contributed by atoms with E-state index < -0.39 is 0 Å². The lowest BCUT2D eigenvalue weighted by Crippen LogP contribution is -2.27. The number of halogens is 1. The highest BCUT2D eigenvalue weighted by Gasteiger charge is 2.21. The topological polar surface area (TPSA) is 3.24 Å². The molecule has 2 aromatic rings. The van der Waals surface area contributed by atoms with Gasteiger partial charge in [-0.15, -0.1) is 0 Å². The number of fused-ring (bicyclic) bond motifs is 2. The van der Waals surface area contributed by atoms with Gasteiger partial charge in [0.1, 0.15) is 0 Å². The van der Waals surface area contributed by atoms with E-state index in [-0.39, 0.29) is 0 Å². The molecule has 1 heterocycles. The minimum Gasteiger partial charge on any atom is -0.306 e. The van der Waals surface area contributed by atoms with E-state index in [1.54, 1.807) is 5.57 Å². The molecule has 23 heavy (non-hydrogen) atoms. The van der Waals surface area contributed by atoms with Gasteiger partial charge in [-0.3, -0.25) is 0 Å². The highest BCUT2D eigenvalue weighted by molar-refractivity contribution is 14.1. The van der Waals surface area contributed by atoms with Gasteiger partial charge in [-0.1, -0.05) is 48.1 Å². The summed E-state index contributed by atoms with van der Waals surface area (Å²) in [4.78, 5) is 2.43. The third-order valence-corrected chi connectivity index (χ3v) is 5.57. The molecule has 0 unspecified atom stereocenters. The smallest absolute Gasteiger partial charge is 0.0136 e. The Morgan fingerprint density at radius 1 is 0.870 bits per heavy atom. The van der Waals surface area contributed by atoms with Crippen LogP contribution in [0.4, 0.5) is 0 Å². The van der Waals surface area contributed by atoms with Gasteiger partial charge in [-0.05, 0) is 82.4 Å². The van der Waals surface area contributed by atoms with E-state index in [0.717, 1.165) is 13.1 Å². The number of rotatable bonds is 0. The predicted octanol–water partition coefficient (Wildman–Crippen LogP) is 5.30. The molecule has 0 N–H and O–H groups in total. The summed E-state index contributed by atoms with van der Waals surface area (Å²) in [5.41, 5.74) is 8.56. The minimum absolute atomic E-state index is 1.16. The Labute approximate surface area is 151 Å². The largest absolute Gasteiger partial charge is 0.306 e. The van der Waals surface area contributed by atoms with Crippen molar-refractivity contribution >= 4 is 40.3 Å². The Balaban J connectivity index is 1.98. The SMILES string of the molecule is CN1CCC(=C2c3ccccc3C=Cc3ccc(I)cc32)CC1. The van der Waals surface area contributed by atoms with Crippen LogP contribution >= 0.6 is 22.6 Å². The Morgan fingerprint density at radius 3 is 2.35 bits per heavy atom. The van der Waals surface area contributed by atoms with Crippen LogP contribution in [0, 0.1) is 3.57 Å². The molecule has 116 valence electrons. The molecule has 1 fully saturated rings. The first kappa shape index (κ1) is 15.2. The molecule has 2 aromatic carbocycles. The molecule has 0 atom stereocenters. The average Bonchev–Trinajstić information content (AvgIpc) is 2.72. The van der Waals surface area contributed by atoms with Crippen molar-refractivity contribution in [1.29, 1.82) is 0 Å². The van der Waals surface area contributed by atoms with Gasteiger partial charge in [0.2, 0.25) is 0 Å². The van der Waals surface area contributed by atoms with Crippen molar-refractivity contribution in [2.45, 2.75) is 12.8 Å². The summed E-state index contributed by atoms with van der Waals surface area (Å²) in [6.45, 7) is 2.32. The molecule has 1 aliphatic carbocycles. The molecule has 0 aromatic heterocycles. The van der Waals surface area contributed by atoms with Gasteiger partial charge >= 0.3 is 0 Å². The van der Waals surface area contributed by atoms with E-state index >= 15 is 0 Å². The normalized spacial score (nSPS) is 17.7. The molecule has 0 saturated carbocycles. The fourth-order valence-corrected chi connectivity index (χ4v) is 4.10. The van der Waals surface area contributed by atoms with Gasteiger partial charge in [0.25, 0.3) is 0 Å². The standard InChI is InChI=1S/C21H20IN/c1-23-12-10-17(11-13-23)21-19-5-3-2-4-15(19)6-7-16-8-9-18(22)14-20(16)21/h2-9,14H,10-13H2,1H3. The summed E-state index contributed by atoms with van der Waals surface area (Å²) in [7, 11) is 2.22. The number of nitrogens with zero attached hydrogens (tertiary/aromatic N) is 1. The first-order valence-corrected chi connectivity index (χ1v) is 9.28. The molecule has 2 heteroatoms. The van der Waals surface area contributed by atoms with Crippen LogP contribution in [-0.4, -0.2) is 25.0 Å². The van der Waals surface area contributed by atoms with Crippen molar-refractivity contribution in [1.82, 2.24) is 4.90 Å². The number of hydrogen-bond donors (Lipinski definition) is 0. The second kappa shape index (κ2) is 6.25. The van der Waals surface area contributed by atoms with Gasteiger partial charge in [0.15, 0.2) is 0 Å². The Morgan fingerprint density at radius 2 is 1.57 bits per heavy atom. The Hall–Kier alpha value is -1.39. The van der Waals surface area contributed by atoms with Crippen LogP contribution in [0.25, 0.3) is 17.7 Å². The van der Waals surface area contributed by atoms with Crippen LogP contribution in [0.1, 0.15) is 35.1 Å². The lowest BCUT2D eigenvalue weighted by Gasteiger charge is -2.27. The maximum absolute atomic E-state index is 2.43. The van der Waals surface area contributed by atoms with Gasteiger partial charge in [-0.2, -0.15) is 0 Å². The molecule has 0 bridgehead atoms. The number of piperidine rings is 1. The third-order valence-electron chi connectivity index (χ3n) is 4.90. The zero-order valence-electron chi connectivity index (χ0n) is 13.3. The van der Waals surface area contributed by atoms with Crippen LogP contribution < -0.4 is 0 Å². The van der Waals surface area contributed by atoms with Gasteiger partial charge in [0, 0.05) is 16.7 Å². The Kier molecular flexibility index (Phi) is 4.12. The molecule has 2 aliphatic rings. The third kappa shape index (κ3) is 2.90. The van der Waals surface area contributed by atoms with Crippen molar-refractivity contribution in [2.75, 3.05) is 20.1 Å². The molecule has 1 aliphatic heterocycles. The fourth-order valence-electron chi connectivity index (χ4n) is 3.60. The molecule has 1 saturated heterocycles. The lowest BCUT2D eigenvalue weighted by atomic mass is 9.86. The van der Waals surface area contributed by atoms with Crippen molar-refractivity contribution in [3.8, 4) is 0 Å². The molecule has 0 amide bonds. The van der Waals surface area contributed by atoms with Crippen LogP contribution in [0.15, 0.2) is 48.0 Å². The first-order chi connectivity index (χ1) is 11.2. The second-order valence-corrected chi connectivity index (χ2v) is 7.68. The molecule has 0 spiro atoms. The summed E-state index contributed by atoms with van der Waals surface area (Å²) in [6.07, 6.45) is 6.88. The summed E-state index contributed by atoms with van der Waals surface area (Å²) < 4.78 is 1.31. The van der Waals surface area contributed by atoms with Crippen LogP contribution in [0.2, 0.25) is 0 Å². The van der Waals surface area contributed by atoms with Crippen molar-refractivity contribution < 1.29 is 0 Å². The van der Waals surface area contributed by atoms with Crippen molar-refractivity contribution in [3.63, 3.8) is 0 Å². The summed E-state index contributed by atoms with van der Waals surface area (Å²) in [5.74, 6) is 0. The van der Waals surface area contributed by atoms with Crippen LogP contribution in [0.5, 0.6) is 0 Å². The van der Waals surface area contributed by atoms with Gasteiger partial charge in [-0.25, -0.2) is 0 Å². The minimum atomic E-state index is 1.16. The molecule has 1 nitrogen and oxygen atoms in total. The van der Waals surface area contributed by atoms with Gasteiger partial charge in [0.05, 0.1) is 0 Å². The van der Waals surface area contributed by atoms with E-state index in [9.17, 15) is 0 Å². The summed E-state index contributed by atoms with van der Waals surface area (Å²) in [5, 5.41) is 0. The molecule has 4 rings (SSSR count). The first-order valence-electron chi connectivity index (χ1n) is 8.20. The van der Waals surface area contributed by atoms with Crippen molar-refractivity contribution in [3.05, 3.63) is 73.9 Å².